The predicted octanol–water partition coefficient (Wildman–Crippen LogP) is 1.86. The van der Waals surface area contributed by atoms with E-state index in [1.165, 1.54) is 0 Å². The van der Waals surface area contributed by atoms with Crippen molar-refractivity contribution in [3.8, 4) is 5.75 Å². The van der Waals surface area contributed by atoms with Gasteiger partial charge in [-0.3, -0.25) is 0 Å². The summed E-state index contributed by atoms with van der Waals surface area (Å²) in [6, 6.07) is 7.63. The summed E-state index contributed by atoms with van der Waals surface area (Å²) in [5.74, 6) is 0.0125. The van der Waals surface area contributed by atoms with Crippen LogP contribution in [0.3, 0.4) is 0 Å². The Kier molecular flexibility index (Phi) is 5.86. The molecular weight excluding hydrogens is 340 g/mol. The van der Waals surface area contributed by atoms with E-state index in [-0.39, 0.29) is 13.2 Å². The Bertz CT molecular complexity index is 588. The first kappa shape index (κ1) is 19.5. The van der Waals surface area contributed by atoms with Crippen molar-refractivity contribution in [2.75, 3.05) is 26.9 Å². The van der Waals surface area contributed by atoms with E-state index < -0.39 is 29.9 Å². The Balaban J connectivity index is 1.78. The molecule has 4 atom stereocenters. The second-order valence-corrected chi connectivity index (χ2v) is 6.97. The maximum atomic E-state index is 9.79. The lowest BCUT2D eigenvalue weighted by molar-refractivity contribution is -0.241. The molecule has 1 spiro atoms. The molecule has 0 radical (unpaired) electrons. The number of hydrogen-bond acceptors (Lipinski definition) is 7. The van der Waals surface area contributed by atoms with Gasteiger partial charge in [-0.05, 0) is 38.5 Å². The molecule has 1 aromatic rings. The largest absolute Gasteiger partial charge is 0.497 e. The number of hydrogen-bond donors (Lipinski definition) is 1. The van der Waals surface area contributed by atoms with Crippen LogP contribution in [-0.4, -0.2) is 61.9 Å². The van der Waals surface area contributed by atoms with Crippen LogP contribution in [-0.2, 0) is 30.3 Å². The minimum absolute atomic E-state index is 0.192. The van der Waals surface area contributed by atoms with Gasteiger partial charge >= 0.3 is 0 Å². The average molecular weight is 368 g/mol. The van der Waals surface area contributed by atoms with Crippen LogP contribution in [0.15, 0.2) is 24.3 Å². The van der Waals surface area contributed by atoms with E-state index in [0.717, 1.165) is 11.3 Å². The minimum atomic E-state index is -0.917. The molecule has 0 saturated carbocycles. The van der Waals surface area contributed by atoms with Gasteiger partial charge in [0.25, 0.3) is 0 Å². The SMILES string of the molecule is CCO[C@H]1O[C@H](CO)[C@@H](OCc2ccc(OC)cc2)[C@@]12COC(C)(C)O2. The zero-order valence-corrected chi connectivity index (χ0v) is 15.8. The molecule has 7 heteroatoms. The van der Waals surface area contributed by atoms with Gasteiger partial charge in [0, 0.05) is 6.61 Å². The van der Waals surface area contributed by atoms with Crippen molar-refractivity contribution in [1.82, 2.24) is 0 Å². The summed E-state index contributed by atoms with van der Waals surface area (Å²) in [6.45, 7) is 6.46. The zero-order valence-electron chi connectivity index (χ0n) is 15.8. The number of ether oxygens (including phenoxy) is 6. The first-order valence-corrected chi connectivity index (χ1v) is 8.90. The lowest BCUT2D eigenvalue weighted by Gasteiger charge is -2.33. The summed E-state index contributed by atoms with van der Waals surface area (Å²) in [7, 11) is 1.63. The van der Waals surface area contributed by atoms with Gasteiger partial charge in [0.1, 0.15) is 18.0 Å². The Morgan fingerprint density at radius 1 is 1.19 bits per heavy atom. The van der Waals surface area contributed by atoms with Crippen molar-refractivity contribution >= 4 is 0 Å². The fourth-order valence-electron chi connectivity index (χ4n) is 3.48. The third-order valence-corrected chi connectivity index (χ3v) is 4.68. The second-order valence-electron chi connectivity index (χ2n) is 6.97. The number of aliphatic hydroxyl groups excluding tert-OH is 1. The molecule has 0 amide bonds. The highest BCUT2D eigenvalue weighted by atomic mass is 16.8. The lowest BCUT2D eigenvalue weighted by atomic mass is 9.95. The second kappa shape index (κ2) is 7.80. The molecule has 2 fully saturated rings. The van der Waals surface area contributed by atoms with Crippen molar-refractivity contribution in [2.45, 2.75) is 57.3 Å². The van der Waals surface area contributed by atoms with Crippen LogP contribution >= 0.6 is 0 Å². The van der Waals surface area contributed by atoms with Gasteiger partial charge in [-0.2, -0.15) is 0 Å². The third-order valence-electron chi connectivity index (χ3n) is 4.68. The number of aliphatic hydroxyl groups is 1. The van der Waals surface area contributed by atoms with Gasteiger partial charge in [0.2, 0.25) is 0 Å². The van der Waals surface area contributed by atoms with E-state index >= 15 is 0 Å². The Labute approximate surface area is 154 Å². The molecule has 2 saturated heterocycles. The number of methoxy groups -OCH3 is 1. The molecule has 146 valence electrons. The molecule has 0 unspecified atom stereocenters. The molecule has 26 heavy (non-hydrogen) atoms. The highest BCUT2D eigenvalue weighted by Crippen LogP contribution is 2.45. The van der Waals surface area contributed by atoms with Gasteiger partial charge in [0.05, 0.1) is 26.9 Å². The minimum Gasteiger partial charge on any atom is -0.497 e. The van der Waals surface area contributed by atoms with Crippen LogP contribution in [0.2, 0.25) is 0 Å². The maximum absolute atomic E-state index is 9.79. The summed E-state index contributed by atoms with van der Waals surface area (Å²) in [5, 5.41) is 9.79. The van der Waals surface area contributed by atoms with Crippen LogP contribution in [0.25, 0.3) is 0 Å². The van der Waals surface area contributed by atoms with Crippen molar-refractivity contribution in [3.63, 3.8) is 0 Å². The zero-order chi connectivity index (χ0) is 18.8. The van der Waals surface area contributed by atoms with Crippen LogP contribution in [0.5, 0.6) is 5.75 Å². The van der Waals surface area contributed by atoms with Gasteiger partial charge in [-0.15, -0.1) is 0 Å². The topological polar surface area (TPSA) is 75.6 Å². The van der Waals surface area contributed by atoms with Gasteiger partial charge in [0.15, 0.2) is 17.7 Å². The number of benzene rings is 1. The lowest BCUT2D eigenvalue weighted by Crippen LogP contribution is -2.53. The van der Waals surface area contributed by atoms with Crippen LogP contribution in [0.4, 0.5) is 0 Å². The van der Waals surface area contributed by atoms with E-state index in [1.807, 2.05) is 45.0 Å². The average Bonchev–Trinajstić information content (AvgIpc) is 3.11. The van der Waals surface area contributed by atoms with Crippen molar-refractivity contribution in [1.29, 1.82) is 0 Å². The summed E-state index contributed by atoms with van der Waals surface area (Å²) >= 11 is 0. The quantitative estimate of drug-likeness (QED) is 0.787. The van der Waals surface area contributed by atoms with Crippen LogP contribution in [0, 0.1) is 0 Å². The molecule has 0 aromatic heterocycles. The summed E-state index contributed by atoms with van der Waals surface area (Å²) < 4.78 is 35.0. The van der Waals surface area contributed by atoms with Crippen molar-refractivity contribution in [3.05, 3.63) is 29.8 Å². The molecule has 0 aliphatic carbocycles. The van der Waals surface area contributed by atoms with Crippen LogP contribution < -0.4 is 4.74 Å². The maximum Gasteiger partial charge on any atom is 0.192 e. The van der Waals surface area contributed by atoms with Gasteiger partial charge in [-0.25, -0.2) is 0 Å². The van der Waals surface area contributed by atoms with E-state index in [9.17, 15) is 5.11 Å². The Hall–Kier alpha value is -1.22. The van der Waals surface area contributed by atoms with Gasteiger partial charge < -0.3 is 33.5 Å². The molecule has 7 nitrogen and oxygen atoms in total. The van der Waals surface area contributed by atoms with E-state index in [1.54, 1.807) is 7.11 Å². The monoisotopic (exact) mass is 368 g/mol. The van der Waals surface area contributed by atoms with Gasteiger partial charge in [-0.1, -0.05) is 12.1 Å². The van der Waals surface area contributed by atoms with E-state index in [2.05, 4.69) is 0 Å². The third kappa shape index (κ3) is 3.74. The fraction of sp³-hybridized carbons (Fsp3) is 0.684. The molecule has 2 aliphatic heterocycles. The molecule has 1 N–H and O–H groups in total. The summed E-state index contributed by atoms with van der Waals surface area (Å²) in [6.07, 6.45) is -1.73. The van der Waals surface area contributed by atoms with E-state index in [4.69, 9.17) is 28.4 Å². The standard InChI is InChI=1S/C19H28O7/c1-5-22-17-19(12-24-18(2,3)26-19)16(15(10-20)25-17)23-11-13-6-8-14(21-4)9-7-13/h6-9,15-17,20H,5,10-12H2,1-4H3/t15-,16-,17+,19+/m1/s1. The molecular formula is C19H28O7. The van der Waals surface area contributed by atoms with E-state index in [0.29, 0.717) is 13.2 Å². The Morgan fingerprint density at radius 2 is 1.92 bits per heavy atom. The smallest absolute Gasteiger partial charge is 0.192 e. The normalized spacial score (nSPS) is 33.0. The molecule has 3 rings (SSSR count). The summed E-state index contributed by atoms with van der Waals surface area (Å²) in [5.41, 5.74) is 0.0648. The fourth-order valence-corrected chi connectivity index (χ4v) is 3.48. The highest BCUT2D eigenvalue weighted by molar-refractivity contribution is 5.26. The van der Waals surface area contributed by atoms with Crippen LogP contribution in [0.1, 0.15) is 26.3 Å². The predicted molar refractivity (Wildman–Crippen MR) is 92.8 cm³/mol. The highest BCUT2D eigenvalue weighted by Gasteiger charge is 2.64. The first-order valence-electron chi connectivity index (χ1n) is 8.90. The number of rotatable bonds is 7. The van der Waals surface area contributed by atoms with Crippen molar-refractivity contribution < 1.29 is 33.5 Å². The molecule has 2 aliphatic rings. The Morgan fingerprint density at radius 3 is 2.46 bits per heavy atom. The molecule has 0 bridgehead atoms. The molecule has 1 aromatic carbocycles. The van der Waals surface area contributed by atoms with Crippen molar-refractivity contribution in [2.24, 2.45) is 0 Å². The first-order chi connectivity index (χ1) is 12.4. The summed E-state index contributed by atoms with van der Waals surface area (Å²) in [4.78, 5) is 0. The molecule has 2 heterocycles.